The minimum Gasteiger partial charge on any atom is -0.348 e. The molecule has 0 saturated carbocycles. The highest BCUT2D eigenvalue weighted by Crippen LogP contribution is 2.10. The Morgan fingerprint density at radius 1 is 1.53 bits per heavy atom. The molecule has 0 radical (unpaired) electrons. The Balaban J connectivity index is 1.96. The van der Waals surface area contributed by atoms with Gasteiger partial charge in [-0.05, 0) is 45.1 Å². The molecule has 4 nitrogen and oxygen atoms in total. The van der Waals surface area contributed by atoms with Gasteiger partial charge in [0.15, 0.2) is 11.5 Å². The van der Waals surface area contributed by atoms with Crippen LogP contribution in [0.2, 0.25) is 0 Å². The first-order valence-corrected chi connectivity index (χ1v) is 5.77. The number of amides is 1. The lowest BCUT2D eigenvalue weighted by Gasteiger charge is -2.29. The topological polar surface area (TPSA) is 45.2 Å². The van der Waals surface area contributed by atoms with Crippen LogP contribution >= 0.6 is 0 Å². The summed E-state index contributed by atoms with van der Waals surface area (Å²) in [6.45, 7) is 1.91. The number of carbonyl (C=O) groups is 1. The Labute approximate surface area is 99.8 Å². The third-order valence-corrected chi connectivity index (χ3v) is 3.03. The molecule has 0 unspecified atom stereocenters. The maximum Gasteiger partial charge on any atom is 0.273 e. The summed E-state index contributed by atoms with van der Waals surface area (Å²) < 4.78 is 13.3. The van der Waals surface area contributed by atoms with Gasteiger partial charge in [0.1, 0.15) is 0 Å². The summed E-state index contributed by atoms with van der Waals surface area (Å²) in [6, 6.07) is 2.85. The van der Waals surface area contributed by atoms with Crippen molar-refractivity contribution in [2.75, 3.05) is 20.1 Å². The molecule has 5 heteroatoms. The van der Waals surface area contributed by atoms with Crippen molar-refractivity contribution in [3.8, 4) is 0 Å². The first-order valence-electron chi connectivity index (χ1n) is 5.77. The molecule has 2 rings (SSSR count). The molecular formula is C12H16FN3O. The fourth-order valence-corrected chi connectivity index (χ4v) is 1.96. The number of carbonyl (C=O) groups excluding carboxylic acids is 1. The third kappa shape index (κ3) is 3.00. The van der Waals surface area contributed by atoms with Crippen LogP contribution in [-0.4, -0.2) is 42.0 Å². The van der Waals surface area contributed by atoms with Crippen LogP contribution in [-0.2, 0) is 0 Å². The summed E-state index contributed by atoms with van der Waals surface area (Å²) in [5.74, 6) is -0.990. The van der Waals surface area contributed by atoms with E-state index in [2.05, 4.69) is 22.2 Å². The van der Waals surface area contributed by atoms with Crippen molar-refractivity contribution < 1.29 is 9.18 Å². The zero-order chi connectivity index (χ0) is 12.3. The number of hydrogen-bond acceptors (Lipinski definition) is 3. The standard InChI is InChI=1S/C12H16FN3O/c1-16-7-4-9(5-8-16)15-12(17)11-10(13)3-2-6-14-11/h2-3,6,9H,4-5,7-8H2,1H3,(H,15,17). The zero-order valence-corrected chi connectivity index (χ0v) is 9.82. The molecule has 0 atom stereocenters. The van der Waals surface area contributed by atoms with E-state index in [1.165, 1.54) is 18.3 Å². The van der Waals surface area contributed by atoms with Crippen LogP contribution < -0.4 is 5.32 Å². The molecule has 17 heavy (non-hydrogen) atoms. The van der Waals surface area contributed by atoms with Gasteiger partial charge in [0.05, 0.1) is 0 Å². The fraction of sp³-hybridized carbons (Fsp3) is 0.500. The van der Waals surface area contributed by atoms with Crippen LogP contribution in [0, 0.1) is 5.82 Å². The van der Waals surface area contributed by atoms with Gasteiger partial charge < -0.3 is 10.2 Å². The van der Waals surface area contributed by atoms with E-state index < -0.39 is 11.7 Å². The molecule has 1 aliphatic rings. The molecule has 1 fully saturated rings. The second-order valence-corrected chi connectivity index (χ2v) is 4.38. The smallest absolute Gasteiger partial charge is 0.273 e. The summed E-state index contributed by atoms with van der Waals surface area (Å²) in [4.78, 5) is 17.8. The summed E-state index contributed by atoms with van der Waals surface area (Å²) in [6.07, 6.45) is 3.22. The number of likely N-dealkylation sites (tertiary alicyclic amines) is 1. The van der Waals surface area contributed by atoms with Gasteiger partial charge in [0, 0.05) is 12.2 Å². The van der Waals surface area contributed by atoms with E-state index in [0.717, 1.165) is 25.9 Å². The van der Waals surface area contributed by atoms with Crippen molar-refractivity contribution in [3.05, 3.63) is 29.8 Å². The molecule has 1 aromatic heterocycles. The first-order chi connectivity index (χ1) is 8.16. The molecule has 92 valence electrons. The summed E-state index contributed by atoms with van der Waals surface area (Å²) in [7, 11) is 2.05. The number of rotatable bonds is 2. The summed E-state index contributed by atoms with van der Waals surface area (Å²) in [5.41, 5.74) is -0.119. The highest BCUT2D eigenvalue weighted by atomic mass is 19.1. The number of hydrogen-bond donors (Lipinski definition) is 1. The Morgan fingerprint density at radius 2 is 2.24 bits per heavy atom. The normalized spacial score (nSPS) is 18.0. The average molecular weight is 237 g/mol. The van der Waals surface area contributed by atoms with E-state index in [1.807, 2.05) is 0 Å². The van der Waals surface area contributed by atoms with Crippen LogP contribution in [0.3, 0.4) is 0 Å². The van der Waals surface area contributed by atoms with Crippen molar-refractivity contribution in [2.45, 2.75) is 18.9 Å². The molecule has 0 aromatic carbocycles. The maximum absolute atomic E-state index is 13.3. The van der Waals surface area contributed by atoms with Crippen molar-refractivity contribution in [1.29, 1.82) is 0 Å². The van der Waals surface area contributed by atoms with Gasteiger partial charge in [-0.2, -0.15) is 0 Å². The van der Waals surface area contributed by atoms with Crippen LogP contribution in [0.4, 0.5) is 4.39 Å². The number of nitrogens with one attached hydrogen (secondary N) is 1. The molecule has 2 heterocycles. The molecule has 0 bridgehead atoms. The van der Waals surface area contributed by atoms with E-state index in [-0.39, 0.29) is 11.7 Å². The molecule has 1 aliphatic heterocycles. The molecule has 1 aromatic rings. The molecule has 1 saturated heterocycles. The number of nitrogens with zero attached hydrogens (tertiary/aromatic N) is 2. The molecule has 0 spiro atoms. The minimum absolute atomic E-state index is 0.119. The molecular weight excluding hydrogens is 221 g/mol. The van der Waals surface area contributed by atoms with Gasteiger partial charge in [-0.3, -0.25) is 4.79 Å². The maximum atomic E-state index is 13.3. The average Bonchev–Trinajstić information content (AvgIpc) is 2.32. The predicted octanol–water partition coefficient (Wildman–Crippen LogP) is 1.04. The number of pyridine rings is 1. The van der Waals surface area contributed by atoms with Crippen LogP contribution in [0.1, 0.15) is 23.3 Å². The Hall–Kier alpha value is -1.49. The lowest BCUT2D eigenvalue weighted by Crippen LogP contribution is -2.43. The van der Waals surface area contributed by atoms with Crippen molar-refractivity contribution in [3.63, 3.8) is 0 Å². The third-order valence-electron chi connectivity index (χ3n) is 3.03. The van der Waals surface area contributed by atoms with E-state index in [1.54, 1.807) is 0 Å². The van der Waals surface area contributed by atoms with Gasteiger partial charge in [-0.25, -0.2) is 9.37 Å². The van der Waals surface area contributed by atoms with Crippen LogP contribution in [0.5, 0.6) is 0 Å². The van der Waals surface area contributed by atoms with Gasteiger partial charge in [-0.1, -0.05) is 0 Å². The minimum atomic E-state index is -0.571. The largest absolute Gasteiger partial charge is 0.348 e. The Morgan fingerprint density at radius 3 is 2.88 bits per heavy atom. The molecule has 1 amide bonds. The first kappa shape index (κ1) is 12.0. The van der Waals surface area contributed by atoms with Crippen LogP contribution in [0.25, 0.3) is 0 Å². The van der Waals surface area contributed by atoms with E-state index in [0.29, 0.717) is 0 Å². The lowest BCUT2D eigenvalue weighted by molar-refractivity contribution is 0.0907. The van der Waals surface area contributed by atoms with Gasteiger partial charge in [0.25, 0.3) is 5.91 Å². The quantitative estimate of drug-likeness (QED) is 0.836. The van der Waals surface area contributed by atoms with Crippen molar-refractivity contribution >= 4 is 5.91 Å². The number of halogens is 1. The zero-order valence-electron chi connectivity index (χ0n) is 9.82. The van der Waals surface area contributed by atoms with Gasteiger partial charge >= 0.3 is 0 Å². The second-order valence-electron chi connectivity index (χ2n) is 4.38. The Bertz CT molecular complexity index is 402. The van der Waals surface area contributed by atoms with E-state index in [4.69, 9.17) is 0 Å². The highest BCUT2D eigenvalue weighted by Gasteiger charge is 2.21. The monoisotopic (exact) mass is 237 g/mol. The molecule has 0 aliphatic carbocycles. The summed E-state index contributed by atoms with van der Waals surface area (Å²) >= 11 is 0. The summed E-state index contributed by atoms with van der Waals surface area (Å²) in [5, 5.41) is 2.83. The van der Waals surface area contributed by atoms with Crippen molar-refractivity contribution in [1.82, 2.24) is 15.2 Å². The van der Waals surface area contributed by atoms with Crippen molar-refractivity contribution in [2.24, 2.45) is 0 Å². The SMILES string of the molecule is CN1CCC(NC(=O)c2ncccc2F)CC1. The van der Waals surface area contributed by atoms with Crippen LogP contribution in [0.15, 0.2) is 18.3 Å². The van der Waals surface area contributed by atoms with E-state index >= 15 is 0 Å². The molecule has 1 N–H and O–H groups in total. The number of aromatic nitrogens is 1. The lowest BCUT2D eigenvalue weighted by atomic mass is 10.1. The number of piperidine rings is 1. The Kier molecular flexibility index (Phi) is 3.68. The highest BCUT2D eigenvalue weighted by molar-refractivity contribution is 5.92. The fourth-order valence-electron chi connectivity index (χ4n) is 1.96. The second kappa shape index (κ2) is 5.23. The van der Waals surface area contributed by atoms with E-state index in [9.17, 15) is 9.18 Å². The predicted molar refractivity (Wildman–Crippen MR) is 62.2 cm³/mol. The van der Waals surface area contributed by atoms with Gasteiger partial charge in [0.2, 0.25) is 0 Å². The van der Waals surface area contributed by atoms with Gasteiger partial charge in [-0.15, -0.1) is 0 Å².